The zero-order valence-corrected chi connectivity index (χ0v) is 18.9. The first-order valence-electron chi connectivity index (χ1n) is 9.57. The number of hydrogen-bond acceptors (Lipinski definition) is 5. The van der Waals surface area contributed by atoms with Crippen molar-refractivity contribution >= 4 is 33.4 Å². The van der Waals surface area contributed by atoms with Crippen LogP contribution >= 0.6 is 11.8 Å². The molecule has 0 unspecified atom stereocenters. The average molecular weight is 457 g/mol. The van der Waals surface area contributed by atoms with Gasteiger partial charge in [-0.05, 0) is 42.0 Å². The van der Waals surface area contributed by atoms with Crippen LogP contribution in [0, 0.1) is 0 Å². The molecule has 0 spiro atoms. The highest BCUT2D eigenvalue weighted by Crippen LogP contribution is 2.29. The topological polar surface area (TPSA) is 75.7 Å². The summed E-state index contributed by atoms with van der Waals surface area (Å²) in [5.74, 6) is 1.84. The third kappa shape index (κ3) is 6.33. The minimum Gasteiger partial charge on any atom is -0.455 e. The van der Waals surface area contributed by atoms with Gasteiger partial charge >= 0.3 is 0 Å². The zero-order chi connectivity index (χ0) is 22.3. The maximum Gasteiger partial charge on any atom is 0.242 e. The number of rotatable bonds is 9. The molecule has 0 bridgehead atoms. The van der Waals surface area contributed by atoms with E-state index >= 15 is 0 Å². The van der Waals surface area contributed by atoms with Crippen molar-refractivity contribution in [2.24, 2.45) is 0 Å². The number of para-hydroxylation sites is 3. The van der Waals surface area contributed by atoms with Gasteiger partial charge in [-0.1, -0.05) is 42.5 Å². The second-order valence-electron chi connectivity index (χ2n) is 6.89. The minimum absolute atomic E-state index is 0.161. The third-order valence-electron chi connectivity index (χ3n) is 4.31. The number of hydrogen-bond donors (Lipinski definition) is 1. The first-order chi connectivity index (χ1) is 14.9. The summed E-state index contributed by atoms with van der Waals surface area (Å²) in [4.78, 5) is 12.7. The molecule has 3 aromatic rings. The molecular weight excluding hydrogens is 432 g/mol. The number of amides is 1. The average Bonchev–Trinajstić information content (AvgIpc) is 2.76. The Kier molecular flexibility index (Phi) is 7.73. The summed E-state index contributed by atoms with van der Waals surface area (Å²) in [6.07, 6.45) is 0. The van der Waals surface area contributed by atoms with E-state index in [0.29, 0.717) is 22.9 Å². The van der Waals surface area contributed by atoms with E-state index in [9.17, 15) is 13.2 Å². The summed E-state index contributed by atoms with van der Waals surface area (Å²) in [5, 5.41) is 2.88. The Morgan fingerprint density at radius 1 is 0.968 bits per heavy atom. The second kappa shape index (κ2) is 10.5. The molecule has 3 rings (SSSR count). The summed E-state index contributed by atoms with van der Waals surface area (Å²) in [5.41, 5.74) is 1.43. The van der Waals surface area contributed by atoms with Crippen LogP contribution in [0.5, 0.6) is 11.5 Å². The van der Waals surface area contributed by atoms with Gasteiger partial charge in [-0.15, -0.1) is 11.8 Å². The van der Waals surface area contributed by atoms with E-state index in [2.05, 4.69) is 5.32 Å². The molecule has 0 aliphatic heterocycles. The van der Waals surface area contributed by atoms with Gasteiger partial charge < -0.3 is 10.1 Å². The lowest BCUT2D eigenvalue weighted by atomic mass is 10.2. The smallest absolute Gasteiger partial charge is 0.242 e. The fourth-order valence-electron chi connectivity index (χ4n) is 2.73. The van der Waals surface area contributed by atoms with Crippen molar-refractivity contribution in [3.63, 3.8) is 0 Å². The fourth-order valence-corrected chi connectivity index (χ4v) is 4.48. The largest absolute Gasteiger partial charge is 0.455 e. The Labute approximate surface area is 187 Å². The van der Waals surface area contributed by atoms with Crippen LogP contribution in [0.2, 0.25) is 0 Å². The quantitative estimate of drug-likeness (QED) is 0.509. The molecule has 0 saturated heterocycles. The normalized spacial score (nSPS) is 11.3. The van der Waals surface area contributed by atoms with Gasteiger partial charge in [0.25, 0.3) is 0 Å². The van der Waals surface area contributed by atoms with Crippen molar-refractivity contribution in [2.45, 2.75) is 10.6 Å². The number of benzene rings is 3. The summed E-state index contributed by atoms with van der Waals surface area (Å²) >= 11 is 1.41. The summed E-state index contributed by atoms with van der Waals surface area (Å²) < 4.78 is 31.6. The van der Waals surface area contributed by atoms with E-state index < -0.39 is 10.0 Å². The molecule has 0 aromatic heterocycles. The van der Waals surface area contributed by atoms with E-state index in [1.807, 2.05) is 48.5 Å². The number of nitrogens with zero attached hydrogens (tertiary/aromatic N) is 1. The molecule has 0 radical (unpaired) electrons. The molecular formula is C23H24N2O4S2. The lowest BCUT2D eigenvalue weighted by molar-refractivity contribution is -0.113. The Bertz CT molecular complexity index is 1130. The molecule has 162 valence electrons. The van der Waals surface area contributed by atoms with Crippen molar-refractivity contribution in [3.8, 4) is 11.5 Å². The number of anilines is 1. The molecule has 0 aliphatic carbocycles. The van der Waals surface area contributed by atoms with Crippen molar-refractivity contribution < 1.29 is 17.9 Å². The zero-order valence-electron chi connectivity index (χ0n) is 17.3. The SMILES string of the molecule is CN(C)S(=O)(=O)c1cccc(CSCC(=O)Nc2ccccc2Oc2ccccc2)c1. The Balaban J connectivity index is 1.57. The van der Waals surface area contributed by atoms with Gasteiger partial charge in [0, 0.05) is 19.8 Å². The van der Waals surface area contributed by atoms with E-state index in [0.717, 1.165) is 5.56 Å². The van der Waals surface area contributed by atoms with Crippen LogP contribution in [0.15, 0.2) is 83.8 Å². The van der Waals surface area contributed by atoms with Crippen LogP contribution in [-0.4, -0.2) is 38.5 Å². The molecule has 8 heteroatoms. The number of thioether (sulfide) groups is 1. The van der Waals surface area contributed by atoms with E-state index in [1.54, 1.807) is 30.3 Å². The van der Waals surface area contributed by atoms with Crippen molar-refractivity contribution in [1.29, 1.82) is 0 Å². The summed E-state index contributed by atoms with van der Waals surface area (Å²) in [7, 11) is -0.480. The first-order valence-corrected chi connectivity index (χ1v) is 12.2. The van der Waals surface area contributed by atoms with Crippen LogP contribution in [0.1, 0.15) is 5.56 Å². The molecule has 0 saturated carbocycles. The van der Waals surface area contributed by atoms with Crippen molar-refractivity contribution in [2.75, 3.05) is 25.2 Å². The highest BCUT2D eigenvalue weighted by atomic mass is 32.2. The van der Waals surface area contributed by atoms with Crippen LogP contribution in [0.3, 0.4) is 0 Å². The van der Waals surface area contributed by atoms with Gasteiger partial charge in [-0.25, -0.2) is 12.7 Å². The van der Waals surface area contributed by atoms with Crippen molar-refractivity contribution in [3.05, 3.63) is 84.4 Å². The van der Waals surface area contributed by atoms with Gasteiger partial charge in [0.1, 0.15) is 5.75 Å². The minimum atomic E-state index is -3.48. The van der Waals surface area contributed by atoms with Gasteiger partial charge in [0.15, 0.2) is 5.75 Å². The Morgan fingerprint density at radius 3 is 2.42 bits per heavy atom. The predicted molar refractivity (Wildman–Crippen MR) is 125 cm³/mol. The molecule has 6 nitrogen and oxygen atoms in total. The number of sulfonamides is 1. The van der Waals surface area contributed by atoms with Gasteiger partial charge in [-0.2, -0.15) is 0 Å². The maximum atomic E-state index is 12.4. The van der Waals surface area contributed by atoms with Crippen molar-refractivity contribution in [1.82, 2.24) is 4.31 Å². The van der Waals surface area contributed by atoms with Crippen LogP contribution in [0.4, 0.5) is 5.69 Å². The molecule has 0 atom stereocenters. The molecule has 1 N–H and O–H groups in total. The van der Waals surface area contributed by atoms with Gasteiger partial charge in [-0.3, -0.25) is 4.79 Å². The molecule has 0 fully saturated rings. The van der Waals surface area contributed by atoms with Crippen LogP contribution in [-0.2, 0) is 20.6 Å². The van der Waals surface area contributed by atoms with Crippen LogP contribution < -0.4 is 10.1 Å². The molecule has 0 heterocycles. The number of ether oxygens (including phenoxy) is 1. The standard InChI is InChI=1S/C23H24N2O4S2/c1-25(2)31(27,28)20-12-8-9-18(15-20)16-30-17-23(26)24-21-13-6-7-14-22(21)29-19-10-4-3-5-11-19/h3-15H,16-17H2,1-2H3,(H,24,26). The predicted octanol–water partition coefficient (Wildman–Crippen LogP) is 4.60. The lowest BCUT2D eigenvalue weighted by Crippen LogP contribution is -2.22. The van der Waals surface area contributed by atoms with E-state index in [1.165, 1.54) is 30.2 Å². The highest BCUT2D eigenvalue weighted by molar-refractivity contribution is 7.99. The second-order valence-corrected chi connectivity index (χ2v) is 10.0. The fraction of sp³-hybridized carbons (Fsp3) is 0.174. The molecule has 31 heavy (non-hydrogen) atoms. The van der Waals surface area contributed by atoms with Gasteiger partial charge in [0.2, 0.25) is 15.9 Å². The lowest BCUT2D eigenvalue weighted by Gasteiger charge is -2.13. The molecule has 1 amide bonds. The van der Waals surface area contributed by atoms with Gasteiger partial charge in [0.05, 0.1) is 16.3 Å². The number of carbonyl (C=O) groups is 1. The molecule has 0 aliphatic rings. The maximum absolute atomic E-state index is 12.4. The Hall–Kier alpha value is -2.81. The van der Waals surface area contributed by atoms with E-state index in [4.69, 9.17) is 4.74 Å². The summed E-state index contributed by atoms with van der Waals surface area (Å²) in [6, 6.07) is 23.4. The first kappa shape index (κ1) is 22.9. The third-order valence-corrected chi connectivity index (χ3v) is 7.13. The monoisotopic (exact) mass is 456 g/mol. The number of carbonyl (C=O) groups excluding carboxylic acids is 1. The highest BCUT2D eigenvalue weighted by Gasteiger charge is 2.17. The molecule has 3 aromatic carbocycles. The Morgan fingerprint density at radius 2 is 1.68 bits per heavy atom. The number of nitrogens with one attached hydrogen (secondary N) is 1. The van der Waals surface area contributed by atoms with E-state index in [-0.39, 0.29) is 16.6 Å². The summed E-state index contributed by atoms with van der Waals surface area (Å²) in [6.45, 7) is 0. The van der Waals surface area contributed by atoms with Crippen LogP contribution in [0.25, 0.3) is 0 Å².